The van der Waals surface area contributed by atoms with E-state index in [0.29, 0.717) is 11.9 Å². The summed E-state index contributed by atoms with van der Waals surface area (Å²) < 4.78 is 0. The highest BCUT2D eigenvalue weighted by molar-refractivity contribution is 5.83. The van der Waals surface area contributed by atoms with Crippen LogP contribution in [0.2, 0.25) is 0 Å². The second-order valence-electron chi connectivity index (χ2n) is 9.29. The van der Waals surface area contributed by atoms with Gasteiger partial charge in [-0.3, -0.25) is 4.79 Å². The van der Waals surface area contributed by atoms with E-state index < -0.39 is 0 Å². The van der Waals surface area contributed by atoms with Crippen LogP contribution < -0.4 is 5.32 Å². The second-order valence-corrected chi connectivity index (χ2v) is 9.29. The van der Waals surface area contributed by atoms with Crippen molar-refractivity contribution in [2.45, 2.75) is 51.0 Å². The van der Waals surface area contributed by atoms with Gasteiger partial charge in [0.1, 0.15) is 0 Å². The van der Waals surface area contributed by atoms with Crippen molar-refractivity contribution in [2.24, 2.45) is 23.2 Å². The van der Waals surface area contributed by atoms with Gasteiger partial charge in [0.25, 0.3) is 0 Å². The van der Waals surface area contributed by atoms with Crippen molar-refractivity contribution in [2.75, 3.05) is 19.6 Å². The lowest BCUT2D eigenvalue weighted by Gasteiger charge is -2.57. The van der Waals surface area contributed by atoms with Crippen LogP contribution in [-0.2, 0) is 11.2 Å². The molecule has 1 N–H and O–H groups in total. The fourth-order valence-electron chi connectivity index (χ4n) is 6.75. The normalized spacial score (nSPS) is 39.6. The standard InChI is InChI=1S/C22H30N2O/c25-21(22-12-17-8-18(13-22)10-19(9-17)14-22)24-7-6-23-20(15-24)11-16-4-2-1-3-5-16/h1-5,17-20,23H,6-15H2. The predicted molar refractivity (Wildman–Crippen MR) is 99.1 cm³/mol. The van der Waals surface area contributed by atoms with Crippen molar-refractivity contribution < 1.29 is 4.79 Å². The Morgan fingerprint density at radius 2 is 1.68 bits per heavy atom. The molecular formula is C22H30N2O. The molecule has 1 saturated heterocycles. The molecule has 1 unspecified atom stereocenters. The number of hydrogen-bond acceptors (Lipinski definition) is 2. The number of benzene rings is 1. The lowest BCUT2D eigenvalue weighted by atomic mass is 9.49. The highest BCUT2D eigenvalue weighted by Crippen LogP contribution is 2.60. The molecule has 1 aromatic rings. The Morgan fingerprint density at radius 1 is 1.04 bits per heavy atom. The Bertz CT molecular complexity index is 605. The van der Waals surface area contributed by atoms with Crippen LogP contribution in [0.1, 0.15) is 44.1 Å². The Labute approximate surface area is 151 Å². The third kappa shape index (κ3) is 2.91. The minimum absolute atomic E-state index is 0.0172. The Hall–Kier alpha value is -1.35. The van der Waals surface area contributed by atoms with E-state index in [-0.39, 0.29) is 5.41 Å². The lowest BCUT2D eigenvalue weighted by molar-refractivity contribution is -0.158. The van der Waals surface area contributed by atoms with Crippen LogP contribution in [-0.4, -0.2) is 36.5 Å². The van der Waals surface area contributed by atoms with E-state index in [1.807, 2.05) is 0 Å². The van der Waals surface area contributed by atoms with Gasteiger partial charge in [-0.2, -0.15) is 0 Å². The zero-order valence-electron chi connectivity index (χ0n) is 15.1. The van der Waals surface area contributed by atoms with Gasteiger partial charge in [-0.1, -0.05) is 30.3 Å². The Kier molecular flexibility index (Phi) is 3.89. The van der Waals surface area contributed by atoms with E-state index in [0.717, 1.165) is 43.8 Å². The van der Waals surface area contributed by atoms with Crippen molar-refractivity contribution in [1.82, 2.24) is 10.2 Å². The molecule has 3 heteroatoms. The summed E-state index contributed by atoms with van der Waals surface area (Å²) in [7, 11) is 0. The van der Waals surface area contributed by atoms with Crippen LogP contribution in [0.15, 0.2) is 30.3 Å². The number of nitrogens with one attached hydrogen (secondary N) is 1. The Morgan fingerprint density at radius 3 is 2.32 bits per heavy atom. The number of piperazine rings is 1. The van der Waals surface area contributed by atoms with Crippen molar-refractivity contribution in [1.29, 1.82) is 0 Å². The third-order valence-corrected chi connectivity index (χ3v) is 7.36. The quantitative estimate of drug-likeness (QED) is 0.917. The number of rotatable bonds is 3. The monoisotopic (exact) mass is 338 g/mol. The fourth-order valence-corrected chi connectivity index (χ4v) is 6.75. The van der Waals surface area contributed by atoms with Gasteiger partial charge in [-0.15, -0.1) is 0 Å². The summed E-state index contributed by atoms with van der Waals surface area (Å²) in [6.07, 6.45) is 8.80. The largest absolute Gasteiger partial charge is 0.339 e. The minimum Gasteiger partial charge on any atom is -0.339 e. The average Bonchev–Trinajstić information content (AvgIpc) is 2.61. The van der Waals surface area contributed by atoms with Gasteiger partial charge in [0.15, 0.2) is 0 Å². The SMILES string of the molecule is O=C(N1CCNC(Cc2ccccc2)C1)C12CC3CC(CC(C3)C1)C2. The number of amides is 1. The van der Waals surface area contributed by atoms with Gasteiger partial charge in [0, 0.05) is 25.7 Å². The first-order valence-electron chi connectivity index (χ1n) is 10.3. The van der Waals surface area contributed by atoms with E-state index in [4.69, 9.17) is 0 Å². The van der Waals surface area contributed by atoms with Crippen LogP contribution in [0.4, 0.5) is 0 Å². The summed E-state index contributed by atoms with van der Waals surface area (Å²) >= 11 is 0. The van der Waals surface area contributed by atoms with Crippen molar-refractivity contribution in [3.05, 3.63) is 35.9 Å². The zero-order valence-corrected chi connectivity index (χ0v) is 15.1. The van der Waals surface area contributed by atoms with Gasteiger partial charge in [-0.25, -0.2) is 0 Å². The Balaban J connectivity index is 1.29. The van der Waals surface area contributed by atoms with Gasteiger partial charge >= 0.3 is 0 Å². The minimum atomic E-state index is 0.0172. The number of hydrogen-bond donors (Lipinski definition) is 1. The van der Waals surface area contributed by atoms with E-state index >= 15 is 0 Å². The fraction of sp³-hybridized carbons (Fsp3) is 0.682. The maximum absolute atomic E-state index is 13.5. The molecule has 1 heterocycles. The second kappa shape index (κ2) is 6.12. The van der Waals surface area contributed by atoms with Crippen LogP contribution in [0.3, 0.4) is 0 Å². The molecule has 3 nitrogen and oxygen atoms in total. The van der Waals surface area contributed by atoms with Crippen LogP contribution in [0.25, 0.3) is 0 Å². The summed E-state index contributed by atoms with van der Waals surface area (Å²) in [5.41, 5.74) is 1.38. The molecule has 0 aromatic heterocycles. The topological polar surface area (TPSA) is 32.3 Å². The molecule has 4 aliphatic carbocycles. The number of nitrogens with zero attached hydrogens (tertiary/aromatic N) is 1. The van der Waals surface area contributed by atoms with Crippen molar-refractivity contribution in [3.8, 4) is 0 Å². The van der Waals surface area contributed by atoms with Gasteiger partial charge in [-0.05, 0) is 68.3 Å². The number of carbonyl (C=O) groups excluding carboxylic acids is 1. The zero-order chi connectivity index (χ0) is 16.9. The highest BCUT2D eigenvalue weighted by atomic mass is 16.2. The molecule has 25 heavy (non-hydrogen) atoms. The van der Waals surface area contributed by atoms with Crippen molar-refractivity contribution in [3.63, 3.8) is 0 Å². The summed E-state index contributed by atoms with van der Waals surface area (Å²) in [5.74, 6) is 3.04. The molecule has 0 radical (unpaired) electrons. The molecule has 4 saturated carbocycles. The lowest BCUT2D eigenvalue weighted by Crippen LogP contribution is -2.60. The molecule has 1 aliphatic heterocycles. The average molecular weight is 338 g/mol. The summed E-state index contributed by atoms with van der Waals surface area (Å²) in [6.45, 7) is 2.72. The van der Waals surface area contributed by atoms with E-state index in [2.05, 4.69) is 40.5 Å². The molecule has 6 rings (SSSR count). The van der Waals surface area contributed by atoms with Crippen LogP contribution in [0.5, 0.6) is 0 Å². The number of carbonyl (C=O) groups is 1. The molecule has 4 bridgehead atoms. The third-order valence-electron chi connectivity index (χ3n) is 7.36. The molecule has 5 aliphatic rings. The van der Waals surface area contributed by atoms with Crippen LogP contribution >= 0.6 is 0 Å². The first-order chi connectivity index (χ1) is 12.2. The van der Waals surface area contributed by atoms with Crippen LogP contribution in [0, 0.1) is 23.2 Å². The van der Waals surface area contributed by atoms with Gasteiger partial charge < -0.3 is 10.2 Å². The predicted octanol–water partition coefficient (Wildman–Crippen LogP) is 3.25. The smallest absolute Gasteiger partial charge is 0.228 e. The molecule has 1 aromatic carbocycles. The van der Waals surface area contributed by atoms with E-state index in [1.54, 1.807) is 0 Å². The molecule has 1 atom stereocenters. The highest BCUT2D eigenvalue weighted by Gasteiger charge is 2.55. The van der Waals surface area contributed by atoms with Gasteiger partial charge in [0.05, 0.1) is 5.41 Å². The van der Waals surface area contributed by atoms with E-state index in [9.17, 15) is 4.79 Å². The molecule has 0 spiro atoms. The molecule has 5 fully saturated rings. The van der Waals surface area contributed by atoms with Crippen molar-refractivity contribution >= 4 is 5.91 Å². The molecular weight excluding hydrogens is 308 g/mol. The first kappa shape index (κ1) is 15.9. The summed E-state index contributed by atoms with van der Waals surface area (Å²) in [4.78, 5) is 15.8. The molecule has 134 valence electrons. The van der Waals surface area contributed by atoms with E-state index in [1.165, 1.54) is 44.1 Å². The van der Waals surface area contributed by atoms with Gasteiger partial charge in [0.2, 0.25) is 5.91 Å². The maximum atomic E-state index is 13.5. The summed E-state index contributed by atoms with van der Waals surface area (Å²) in [5, 5.41) is 3.63. The summed E-state index contributed by atoms with van der Waals surface area (Å²) in [6, 6.07) is 11.1. The maximum Gasteiger partial charge on any atom is 0.228 e. The molecule has 1 amide bonds. The first-order valence-corrected chi connectivity index (χ1v) is 10.3.